The van der Waals surface area contributed by atoms with Crippen LogP contribution in [0.1, 0.15) is 56.1 Å². The lowest BCUT2D eigenvalue weighted by molar-refractivity contribution is -0.124. The number of aryl methyl sites for hydroxylation is 1. The molecule has 1 saturated carbocycles. The lowest BCUT2D eigenvalue weighted by Gasteiger charge is -2.31. The topological polar surface area (TPSA) is 58.6 Å². The fraction of sp³-hybridized carbons (Fsp3) is 0.632. The maximum Gasteiger partial charge on any atom is 0.221 e. The van der Waals surface area contributed by atoms with Gasteiger partial charge in [-0.1, -0.05) is 6.07 Å². The van der Waals surface area contributed by atoms with Gasteiger partial charge in [0.15, 0.2) is 0 Å². The summed E-state index contributed by atoms with van der Waals surface area (Å²) in [6.45, 7) is 1.98. The molecule has 4 nitrogen and oxygen atoms in total. The van der Waals surface area contributed by atoms with Gasteiger partial charge in [-0.15, -0.1) is 0 Å². The number of aliphatic hydroxyl groups is 1. The van der Waals surface area contributed by atoms with Crippen LogP contribution in [0.25, 0.3) is 0 Å². The Labute approximate surface area is 138 Å². The third-order valence-electron chi connectivity index (χ3n) is 5.45. The lowest BCUT2D eigenvalue weighted by Crippen LogP contribution is -2.51. The fourth-order valence-electron chi connectivity index (χ4n) is 3.81. The van der Waals surface area contributed by atoms with E-state index in [1.807, 2.05) is 13.0 Å². The van der Waals surface area contributed by atoms with Crippen molar-refractivity contribution < 1.29 is 14.6 Å². The monoisotopic (exact) mass is 317 g/mol. The zero-order valence-electron chi connectivity index (χ0n) is 14.1. The molecule has 23 heavy (non-hydrogen) atoms. The van der Waals surface area contributed by atoms with Crippen LogP contribution in [-0.2, 0) is 11.2 Å². The summed E-state index contributed by atoms with van der Waals surface area (Å²) >= 11 is 0. The summed E-state index contributed by atoms with van der Waals surface area (Å²) < 4.78 is 5.30. The number of nitrogens with one attached hydrogen (secondary N) is 1. The number of ether oxygens (including phenoxy) is 1. The summed E-state index contributed by atoms with van der Waals surface area (Å²) in [4.78, 5) is 12.5. The van der Waals surface area contributed by atoms with E-state index in [0.717, 1.165) is 37.9 Å². The van der Waals surface area contributed by atoms with Crippen LogP contribution < -0.4 is 10.1 Å². The van der Waals surface area contributed by atoms with Crippen LogP contribution in [0, 0.1) is 5.92 Å². The van der Waals surface area contributed by atoms with Gasteiger partial charge in [-0.25, -0.2) is 0 Å². The molecular formula is C19H27NO3. The number of hydrogen-bond donors (Lipinski definition) is 2. The van der Waals surface area contributed by atoms with Crippen molar-refractivity contribution in [2.75, 3.05) is 13.7 Å². The third kappa shape index (κ3) is 3.52. The van der Waals surface area contributed by atoms with Crippen molar-refractivity contribution in [3.05, 3.63) is 29.3 Å². The van der Waals surface area contributed by atoms with Crippen LogP contribution >= 0.6 is 0 Å². The number of hydrogen-bond acceptors (Lipinski definition) is 3. The second-order valence-electron chi connectivity index (χ2n) is 7.26. The number of amides is 1. The molecular weight excluding hydrogens is 290 g/mol. The van der Waals surface area contributed by atoms with Gasteiger partial charge in [0, 0.05) is 6.42 Å². The predicted molar refractivity (Wildman–Crippen MR) is 89.6 cm³/mol. The first kappa shape index (κ1) is 16.3. The Bertz CT molecular complexity index is 582. The molecule has 0 saturated heterocycles. The minimum atomic E-state index is -0.450. The minimum Gasteiger partial charge on any atom is -0.497 e. The summed E-state index contributed by atoms with van der Waals surface area (Å²) in [6.07, 6.45) is 5.92. The van der Waals surface area contributed by atoms with E-state index in [2.05, 4.69) is 17.4 Å². The van der Waals surface area contributed by atoms with Gasteiger partial charge in [-0.05, 0) is 74.1 Å². The van der Waals surface area contributed by atoms with Gasteiger partial charge in [-0.2, -0.15) is 0 Å². The van der Waals surface area contributed by atoms with Crippen molar-refractivity contribution in [2.24, 2.45) is 5.92 Å². The third-order valence-corrected chi connectivity index (χ3v) is 5.45. The minimum absolute atomic E-state index is 0.0157. The molecule has 0 spiro atoms. The quantitative estimate of drug-likeness (QED) is 0.848. The molecule has 0 heterocycles. The highest BCUT2D eigenvalue weighted by molar-refractivity contribution is 5.78. The van der Waals surface area contributed by atoms with Gasteiger partial charge < -0.3 is 15.2 Å². The van der Waals surface area contributed by atoms with Crippen LogP contribution in [0.3, 0.4) is 0 Å². The molecule has 0 aliphatic heterocycles. The summed E-state index contributed by atoms with van der Waals surface area (Å²) in [5.74, 6) is 1.64. The van der Waals surface area contributed by atoms with Gasteiger partial charge in [-0.3, -0.25) is 4.79 Å². The Morgan fingerprint density at radius 3 is 2.83 bits per heavy atom. The number of rotatable bonds is 6. The molecule has 0 aromatic heterocycles. The molecule has 3 rings (SSSR count). The first-order valence-electron chi connectivity index (χ1n) is 8.64. The summed E-state index contributed by atoms with van der Waals surface area (Å²) in [5.41, 5.74) is 2.14. The van der Waals surface area contributed by atoms with Crippen molar-refractivity contribution in [1.82, 2.24) is 5.32 Å². The molecule has 1 amide bonds. The van der Waals surface area contributed by atoms with Crippen LogP contribution in [0.5, 0.6) is 5.75 Å². The summed E-state index contributed by atoms with van der Waals surface area (Å²) in [7, 11) is 1.68. The van der Waals surface area contributed by atoms with Gasteiger partial charge in [0.2, 0.25) is 5.91 Å². The second-order valence-corrected chi connectivity index (χ2v) is 7.26. The van der Waals surface area contributed by atoms with E-state index in [1.165, 1.54) is 11.1 Å². The molecule has 1 aromatic carbocycles. The predicted octanol–water partition coefficient (Wildman–Crippen LogP) is 2.78. The van der Waals surface area contributed by atoms with Gasteiger partial charge in [0.05, 0.1) is 19.3 Å². The molecule has 1 fully saturated rings. The van der Waals surface area contributed by atoms with E-state index in [1.54, 1.807) is 7.11 Å². The van der Waals surface area contributed by atoms with E-state index < -0.39 is 5.54 Å². The standard InChI is InChI=1S/C19H27NO3/c1-19(12-21,15-6-7-15)20-18(22)11-14-5-3-4-13-10-16(23-2)8-9-17(13)14/h8-10,14-15,21H,3-7,11-12H2,1-2H3,(H,20,22). The molecule has 2 aliphatic carbocycles. The van der Waals surface area contributed by atoms with E-state index in [-0.39, 0.29) is 18.4 Å². The first-order chi connectivity index (χ1) is 11.1. The first-order valence-corrected chi connectivity index (χ1v) is 8.64. The van der Waals surface area contributed by atoms with Gasteiger partial charge in [0.25, 0.3) is 0 Å². The normalized spacial score (nSPS) is 22.8. The maximum atomic E-state index is 12.5. The highest BCUT2D eigenvalue weighted by Gasteiger charge is 2.42. The van der Waals surface area contributed by atoms with Gasteiger partial charge in [0.1, 0.15) is 5.75 Å². The van der Waals surface area contributed by atoms with Crippen molar-refractivity contribution in [2.45, 2.75) is 56.9 Å². The van der Waals surface area contributed by atoms with Crippen molar-refractivity contribution >= 4 is 5.91 Å². The number of carbonyl (C=O) groups is 1. The molecule has 2 atom stereocenters. The lowest BCUT2D eigenvalue weighted by atomic mass is 9.80. The molecule has 2 aliphatic rings. The van der Waals surface area contributed by atoms with Crippen molar-refractivity contribution in [3.63, 3.8) is 0 Å². The molecule has 0 bridgehead atoms. The zero-order chi connectivity index (χ0) is 16.4. The molecule has 126 valence electrons. The Kier molecular flexibility index (Phi) is 4.62. The van der Waals surface area contributed by atoms with E-state index in [9.17, 15) is 9.90 Å². The number of benzene rings is 1. The van der Waals surface area contributed by atoms with E-state index in [4.69, 9.17) is 4.74 Å². The Morgan fingerprint density at radius 1 is 1.39 bits per heavy atom. The van der Waals surface area contributed by atoms with Crippen LogP contribution in [0.15, 0.2) is 18.2 Å². The average molecular weight is 317 g/mol. The van der Waals surface area contributed by atoms with Crippen molar-refractivity contribution in [3.8, 4) is 5.75 Å². The Hall–Kier alpha value is -1.55. The summed E-state index contributed by atoms with van der Waals surface area (Å²) in [6, 6.07) is 6.19. The van der Waals surface area contributed by atoms with Crippen molar-refractivity contribution in [1.29, 1.82) is 0 Å². The molecule has 2 unspecified atom stereocenters. The average Bonchev–Trinajstić information content (AvgIpc) is 3.39. The number of methoxy groups -OCH3 is 1. The largest absolute Gasteiger partial charge is 0.497 e. The molecule has 2 N–H and O–H groups in total. The molecule has 4 heteroatoms. The Morgan fingerprint density at radius 2 is 2.17 bits per heavy atom. The maximum absolute atomic E-state index is 12.5. The highest BCUT2D eigenvalue weighted by Crippen LogP contribution is 2.40. The van der Waals surface area contributed by atoms with E-state index in [0.29, 0.717) is 12.3 Å². The smallest absolute Gasteiger partial charge is 0.221 e. The number of fused-ring (bicyclic) bond motifs is 1. The SMILES string of the molecule is COc1ccc2c(c1)CCCC2CC(=O)NC(C)(CO)C1CC1. The van der Waals surface area contributed by atoms with E-state index >= 15 is 0 Å². The van der Waals surface area contributed by atoms with Gasteiger partial charge >= 0.3 is 0 Å². The number of aliphatic hydroxyl groups excluding tert-OH is 1. The molecule has 0 radical (unpaired) electrons. The van der Waals surface area contributed by atoms with Crippen LogP contribution in [-0.4, -0.2) is 30.3 Å². The van der Waals surface area contributed by atoms with Crippen LogP contribution in [0.2, 0.25) is 0 Å². The Balaban J connectivity index is 1.68. The number of carbonyl (C=O) groups excluding carboxylic acids is 1. The second kappa shape index (κ2) is 6.52. The molecule has 1 aromatic rings. The fourth-order valence-corrected chi connectivity index (χ4v) is 3.81. The highest BCUT2D eigenvalue weighted by atomic mass is 16.5. The zero-order valence-corrected chi connectivity index (χ0v) is 14.1. The van der Waals surface area contributed by atoms with Crippen LogP contribution in [0.4, 0.5) is 0 Å². The summed E-state index contributed by atoms with van der Waals surface area (Å²) in [5, 5.41) is 12.7.